The average Bonchev–Trinajstić information content (AvgIpc) is 2.92. The van der Waals surface area contributed by atoms with Gasteiger partial charge in [-0.25, -0.2) is 12.8 Å². The molecule has 0 atom stereocenters. The first kappa shape index (κ1) is 18.5. The van der Waals surface area contributed by atoms with Crippen LogP contribution in [0.3, 0.4) is 0 Å². The van der Waals surface area contributed by atoms with Gasteiger partial charge in [0.2, 0.25) is 10.0 Å². The van der Waals surface area contributed by atoms with E-state index in [0.717, 1.165) is 43.3 Å². The Labute approximate surface area is 158 Å². The van der Waals surface area contributed by atoms with Crippen LogP contribution in [0.4, 0.5) is 4.39 Å². The summed E-state index contributed by atoms with van der Waals surface area (Å²) in [6.45, 7) is 5.11. The fourth-order valence-corrected chi connectivity index (χ4v) is 5.52. The van der Waals surface area contributed by atoms with Crippen molar-refractivity contribution in [3.8, 4) is 0 Å². The van der Waals surface area contributed by atoms with E-state index >= 15 is 0 Å². The van der Waals surface area contributed by atoms with Gasteiger partial charge in [-0.05, 0) is 37.5 Å². The smallest absolute Gasteiger partial charge is 0.245 e. The van der Waals surface area contributed by atoms with E-state index < -0.39 is 15.8 Å². The van der Waals surface area contributed by atoms with Crippen molar-refractivity contribution in [3.05, 3.63) is 41.2 Å². The maximum absolute atomic E-state index is 14.1. The van der Waals surface area contributed by atoms with Gasteiger partial charge in [-0.15, -0.1) is 10.2 Å². The van der Waals surface area contributed by atoms with Crippen molar-refractivity contribution < 1.29 is 12.8 Å². The number of piperidine rings is 1. The zero-order valence-electron chi connectivity index (χ0n) is 15.4. The van der Waals surface area contributed by atoms with Crippen molar-refractivity contribution in [3.63, 3.8) is 0 Å². The third-order valence-electron chi connectivity index (χ3n) is 5.42. The number of nitrogens with one attached hydrogen (secondary N) is 1. The molecule has 4 rings (SSSR count). The molecule has 0 amide bonds. The van der Waals surface area contributed by atoms with E-state index in [-0.39, 0.29) is 10.8 Å². The van der Waals surface area contributed by atoms with Crippen LogP contribution in [0.15, 0.2) is 23.1 Å². The van der Waals surface area contributed by atoms with Crippen LogP contribution in [0.2, 0.25) is 0 Å². The Kier molecular flexibility index (Phi) is 5.00. The van der Waals surface area contributed by atoms with Crippen molar-refractivity contribution in [2.45, 2.75) is 43.5 Å². The summed E-state index contributed by atoms with van der Waals surface area (Å²) in [5.41, 5.74) is 0.727. The van der Waals surface area contributed by atoms with Crippen molar-refractivity contribution in [2.24, 2.45) is 0 Å². The number of aryl methyl sites for hydroxylation is 1. The average molecular weight is 393 g/mol. The fraction of sp³-hybridized carbons (Fsp3) is 0.556. The standard InChI is InChI=1S/C18H24FN5O2S/c1-13-2-3-15(19)16(12-13)27(25,26)23-9-5-14(6-10-23)18-22-21-17-4-7-20-8-11-24(17)18/h2-3,12,14,20H,4-11H2,1H3. The molecule has 0 radical (unpaired) electrons. The lowest BCUT2D eigenvalue weighted by Crippen LogP contribution is -2.38. The maximum Gasteiger partial charge on any atom is 0.245 e. The van der Waals surface area contributed by atoms with Crippen molar-refractivity contribution in [1.29, 1.82) is 0 Å². The van der Waals surface area contributed by atoms with Gasteiger partial charge in [-0.3, -0.25) is 0 Å². The molecule has 0 aliphatic carbocycles. The molecule has 1 saturated heterocycles. The molecule has 2 aliphatic heterocycles. The summed E-state index contributed by atoms with van der Waals surface area (Å²) in [6.07, 6.45) is 2.18. The van der Waals surface area contributed by atoms with E-state index in [2.05, 4.69) is 20.1 Å². The molecule has 3 heterocycles. The number of halogens is 1. The first-order valence-corrected chi connectivity index (χ1v) is 10.8. The Morgan fingerprint density at radius 3 is 2.70 bits per heavy atom. The monoisotopic (exact) mass is 393 g/mol. The molecule has 9 heteroatoms. The molecule has 7 nitrogen and oxygen atoms in total. The van der Waals surface area contributed by atoms with Crippen LogP contribution in [0.1, 0.15) is 36.0 Å². The number of benzene rings is 1. The second-order valence-corrected chi connectivity index (χ2v) is 9.14. The van der Waals surface area contributed by atoms with Crippen molar-refractivity contribution >= 4 is 10.0 Å². The molecular weight excluding hydrogens is 369 g/mol. The summed E-state index contributed by atoms with van der Waals surface area (Å²) in [5.74, 6) is 1.43. The molecule has 27 heavy (non-hydrogen) atoms. The summed E-state index contributed by atoms with van der Waals surface area (Å²) in [5, 5.41) is 12.1. The number of hydrogen-bond donors (Lipinski definition) is 1. The predicted octanol–water partition coefficient (Wildman–Crippen LogP) is 1.44. The van der Waals surface area contributed by atoms with Crippen LogP contribution < -0.4 is 5.32 Å². The second kappa shape index (κ2) is 7.29. The molecule has 2 aromatic rings. The Morgan fingerprint density at radius 2 is 1.93 bits per heavy atom. The topological polar surface area (TPSA) is 80.1 Å². The van der Waals surface area contributed by atoms with E-state index in [4.69, 9.17) is 0 Å². The lowest BCUT2D eigenvalue weighted by molar-refractivity contribution is 0.308. The van der Waals surface area contributed by atoms with Gasteiger partial charge in [-0.1, -0.05) is 6.07 Å². The number of rotatable bonds is 3. The molecule has 146 valence electrons. The van der Waals surface area contributed by atoms with Gasteiger partial charge in [-0.2, -0.15) is 4.31 Å². The minimum absolute atomic E-state index is 0.179. The molecule has 2 aliphatic rings. The molecule has 0 bridgehead atoms. The van der Waals surface area contributed by atoms with Gasteiger partial charge in [0.25, 0.3) is 0 Å². The molecule has 1 fully saturated rings. The van der Waals surface area contributed by atoms with E-state index in [1.54, 1.807) is 13.0 Å². The first-order valence-electron chi connectivity index (χ1n) is 9.36. The fourth-order valence-electron chi connectivity index (χ4n) is 3.90. The van der Waals surface area contributed by atoms with Gasteiger partial charge >= 0.3 is 0 Å². The lowest BCUT2D eigenvalue weighted by Gasteiger charge is -2.31. The highest BCUT2D eigenvalue weighted by Gasteiger charge is 2.33. The van der Waals surface area contributed by atoms with Crippen molar-refractivity contribution in [2.75, 3.05) is 26.2 Å². The van der Waals surface area contributed by atoms with Gasteiger partial charge in [0.15, 0.2) is 0 Å². The van der Waals surface area contributed by atoms with Crippen LogP contribution in [0, 0.1) is 12.7 Å². The van der Waals surface area contributed by atoms with Crippen LogP contribution in [0.25, 0.3) is 0 Å². The van der Waals surface area contributed by atoms with E-state index in [0.29, 0.717) is 25.9 Å². The number of aromatic nitrogens is 3. The number of hydrogen-bond acceptors (Lipinski definition) is 5. The molecule has 1 aromatic heterocycles. The van der Waals surface area contributed by atoms with Crippen LogP contribution in [-0.4, -0.2) is 53.7 Å². The summed E-state index contributed by atoms with van der Waals surface area (Å²) in [4.78, 5) is -0.233. The zero-order chi connectivity index (χ0) is 19.0. The first-order chi connectivity index (χ1) is 13.0. The number of sulfonamides is 1. The third-order valence-corrected chi connectivity index (χ3v) is 7.33. The summed E-state index contributed by atoms with van der Waals surface area (Å²) < 4.78 is 43.4. The van der Waals surface area contributed by atoms with Crippen LogP contribution in [0.5, 0.6) is 0 Å². The normalized spacial score (nSPS) is 19.6. The summed E-state index contributed by atoms with van der Waals surface area (Å²) in [7, 11) is -3.83. The Morgan fingerprint density at radius 1 is 1.15 bits per heavy atom. The SMILES string of the molecule is Cc1ccc(F)c(S(=O)(=O)N2CCC(c3nnc4n3CCNCC4)CC2)c1. The summed E-state index contributed by atoms with van der Waals surface area (Å²) in [6, 6.07) is 4.20. The predicted molar refractivity (Wildman–Crippen MR) is 98.5 cm³/mol. The molecule has 0 unspecified atom stereocenters. The highest BCUT2D eigenvalue weighted by molar-refractivity contribution is 7.89. The Bertz CT molecular complexity index is 935. The van der Waals surface area contributed by atoms with E-state index in [9.17, 15) is 12.8 Å². The quantitative estimate of drug-likeness (QED) is 0.854. The molecular formula is C18H24FN5O2S. The Balaban J connectivity index is 1.51. The Hall–Kier alpha value is -1.84. The summed E-state index contributed by atoms with van der Waals surface area (Å²) >= 11 is 0. The largest absolute Gasteiger partial charge is 0.315 e. The van der Waals surface area contributed by atoms with Gasteiger partial charge in [0.05, 0.1) is 0 Å². The number of nitrogens with zero attached hydrogens (tertiary/aromatic N) is 4. The van der Waals surface area contributed by atoms with Crippen LogP contribution >= 0.6 is 0 Å². The molecule has 0 saturated carbocycles. The van der Waals surface area contributed by atoms with Gasteiger partial charge in [0.1, 0.15) is 22.4 Å². The van der Waals surface area contributed by atoms with Crippen molar-refractivity contribution in [1.82, 2.24) is 24.4 Å². The van der Waals surface area contributed by atoms with Gasteiger partial charge in [0, 0.05) is 45.1 Å². The highest BCUT2D eigenvalue weighted by Crippen LogP contribution is 2.31. The zero-order valence-corrected chi connectivity index (χ0v) is 16.2. The molecule has 1 N–H and O–H groups in total. The van der Waals surface area contributed by atoms with Crippen LogP contribution in [-0.2, 0) is 23.0 Å². The minimum atomic E-state index is -3.83. The lowest BCUT2D eigenvalue weighted by atomic mass is 9.97. The second-order valence-electron chi connectivity index (χ2n) is 7.24. The molecule has 1 aromatic carbocycles. The maximum atomic E-state index is 14.1. The van der Waals surface area contributed by atoms with Gasteiger partial charge < -0.3 is 9.88 Å². The molecule has 0 spiro atoms. The highest BCUT2D eigenvalue weighted by atomic mass is 32.2. The van der Waals surface area contributed by atoms with E-state index in [1.165, 1.54) is 16.4 Å². The number of fused-ring (bicyclic) bond motifs is 1. The minimum Gasteiger partial charge on any atom is -0.315 e. The van der Waals surface area contributed by atoms with E-state index in [1.807, 2.05) is 0 Å². The third kappa shape index (κ3) is 3.51.